The molecule has 0 aliphatic heterocycles. The van der Waals surface area contributed by atoms with Crippen LogP contribution in [0.1, 0.15) is 5.56 Å². The van der Waals surface area contributed by atoms with Crippen LogP contribution in [0, 0.1) is 0 Å². The number of imidazole rings is 1. The molecule has 78 valence electrons. The molecule has 2 rings (SSSR count). The highest BCUT2D eigenvalue weighted by Gasteiger charge is 1.98. The second kappa shape index (κ2) is 4.89. The molecule has 0 bridgehead atoms. The molecule has 1 heterocycles. The van der Waals surface area contributed by atoms with Gasteiger partial charge in [0.15, 0.2) is 5.16 Å². The van der Waals surface area contributed by atoms with Crippen LogP contribution in [0.2, 0.25) is 0 Å². The van der Waals surface area contributed by atoms with Crippen molar-refractivity contribution in [2.24, 2.45) is 0 Å². The SMILES string of the molecule is COc1ccc(CSc2ncc[nH]2)cc1. The predicted octanol–water partition coefficient (Wildman–Crippen LogP) is 2.71. The minimum absolute atomic E-state index is 0.891. The van der Waals surface area contributed by atoms with Gasteiger partial charge in [-0.3, -0.25) is 0 Å². The number of methoxy groups -OCH3 is 1. The lowest BCUT2D eigenvalue weighted by Crippen LogP contribution is -1.84. The van der Waals surface area contributed by atoms with Gasteiger partial charge in [0.05, 0.1) is 7.11 Å². The van der Waals surface area contributed by atoms with Gasteiger partial charge in [-0.15, -0.1) is 0 Å². The molecule has 3 nitrogen and oxygen atoms in total. The van der Waals surface area contributed by atoms with Crippen LogP contribution < -0.4 is 4.74 Å². The minimum Gasteiger partial charge on any atom is -0.497 e. The van der Waals surface area contributed by atoms with Crippen molar-refractivity contribution in [2.45, 2.75) is 10.9 Å². The van der Waals surface area contributed by atoms with Crippen molar-refractivity contribution in [1.29, 1.82) is 0 Å². The lowest BCUT2D eigenvalue weighted by atomic mass is 10.2. The molecule has 2 aromatic rings. The molecular weight excluding hydrogens is 208 g/mol. The average molecular weight is 220 g/mol. The van der Waals surface area contributed by atoms with E-state index in [9.17, 15) is 0 Å². The first kappa shape index (κ1) is 10.1. The number of rotatable bonds is 4. The largest absolute Gasteiger partial charge is 0.497 e. The molecule has 0 saturated carbocycles. The van der Waals surface area contributed by atoms with Crippen molar-refractivity contribution in [2.75, 3.05) is 7.11 Å². The van der Waals surface area contributed by atoms with Crippen LogP contribution in [-0.2, 0) is 5.75 Å². The van der Waals surface area contributed by atoms with Crippen molar-refractivity contribution in [3.8, 4) is 5.75 Å². The van der Waals surface area contributed by atoms with E-state index in [1.807, 2.05) is 18.3 Å². The van der Waals surface area contributed by atoms with Gasteiger partial charge < -0.3 is 9.72 Å². The standard InChI is InChI=1S/C11H12N2OS/c1-14-10-4-2-9(3-5-10)8-15-11-12-6-7-13-11/h2-7H,8H2,1H3,(H,12,13). The lowest BCUT2D eigenvalue weighted by molar-refractivity contribution is 0.414. The number of aromatic nitrogens is 2. The molecule has 0 aliphatic rings. The topological polar surface area (TPSA) is 37.9 Å². The zero-order chi connectivity index (χ0) is 10.5. The number of thioether (sulfide) groups is 1. The Morgan fingerprint density at radius 2 is 2.13 bits per heavy atom. The Hall–Kier alpha value is -1.42. The van der Waals surface area contributed by atoms with E-state index in [-0.39, 0.29) is 0 Å². The number of aromatic amines is 1. The second-order valence-electron chi connectivity index (χ2n) is 3.03. The van der Waals surface area contributed by atoms with E-state index >= 15 is 0 Å². The summed E-state index contributed by atoms with van der Waals surface area (Å²) < 4.78 is 5.09. The van der Waals surface area contributed by atoms with Gasteiger partial charge >= 0.3 is 0 Å². The van der Waals surface area contributed by atoms with Gasteiger partial charge in [-0.05, 0) is 17.7 Å². The molecule has 1 N–H and O–H groups in total. The molecule has 4 heteroatoms. The summed E-state index contributed by atoms with van der Waals surface area (Å²) in [6.07, 6.45) is 3.59. The van der Waals surface area contributed by atoms with Gasteiger partial charge in [0.25, 0.3) is 0 Å². The van der Waals surface area contributed by atoms with E-state index in [2.05, 4.69) is 22.1 Å². The molecule has 1 aromatic heterocycles. The Balaban J connectivity index is 1.93. The maximum Gasteiger partial charge on any atom is 0.165 e. The Morgan fingerprint density at radius 3 is 2.73 bits per heavy atom. The van der Waals surface area contributed by atoms with Gasteiger partial charge in [-0.25, -0.2) is 4.98 Å². The second-order valence-corrected chi connectivity index (χ2v) is 4.00. The number of ether oxygens (including phenoxy) is 1. The monoisotopic (exact) mass is 220 g/mol. The van der Waals surface area contributed by atoms with Crippen molar-refractivity contribution < 1.29 is 4.74 Å². The molecule has 1 aromatic carbocycles. The Kier molecular flexibility index (Phi) is 3.29. The molecule has 0 saturated heterocycles. The molecule has 0 fully saturated rings. The smallest absolute Gasteiger partial charge is 0.165 e. The van der Waals surface area contributed by atoms with Gasteiger partial charge in [0.1, 0.15) is 5.75 Å². The molecule has 0 aliphatic carbocycles. The minimum atomic E-state index is 0.891. The highest BCUT2D eigenvalue weighted by atomic mass is 32.2. The van der Waals surface area contributed by atoms with Crippen LogP contribution in [0.4, 0.5) is 0 Å². The Labute approximate surface area is 92.9 Å². The van der Waals surface area contributed by atoms with Crippen LogP contribution >= 0.6 is 11.8 Å². The molecule has 0 amide bonds. The van der Waals surface area contributed by atoms with Crippen molar-refractivity contribution in [1.82, 2.24) is 9.97 Å². The van der Waals surface area contributed by atoms with E-state index in [1.54, 1.807) is 25.1 Å². The zero-order valence-corrected chi connectivity index (χ0v) is 9.25. The summed E-state index contributed by atoms with van der Waals surface area (Å²) in [4.78, 5) is 7.20. The molecule has 0 atom stereocenters. The normalized spacial score (nSPS) is 10.2. The summed E-state index contributed by atoms with van der Waals surface area (Å²) >= 11 is 1.69. The zero-order valence-electron chi connectivity index (χ0n) is 8.43. The van der Waals surface area contributed by atoms with Crippen molar-refractivity contribution >= 4 is 11.8 Å². The average Bonchev–Trinajstić information content (AvgIpc) is 2.80. The third kappa shape index (κ3) is 2.76. The quantitative estimate of drug-likeness (QED) is 0.805. The number of hydrogen-bond acceptors (Lipinski definition) is 3. The van der Waals surface area contributed by atoms with E-state index in [0.717, 1.165) is 16.7 Å². The molecular formula is C11H12N2OS. The van der Waals surface area contributed by atoms with Crippen LogP contribution in [0.15, 0.2) is 41.8 Å². The first-order valence-corrected chi connectivity index (χ1v) is 5.62. The number of H-pyrrole nitrogens is 1. The van der Waals surface area contributed by atoms with Crippen molar-refractivity contribution in [3.63, 3.8) is 0 Å². The van der Waals surface area contributed by atoms with Crippen molar-refractivity contribution in [3.05, 3.63) is 42.2 Å². The molecule has 0 spiro atoms. The number of nitrogens with zero attached hydrogens (tertiary/aromatic N) is 1. The number of hydrogen-bond donors (Lipinski definition) is 1. The van der Waals surface area contributed by atoms with Gasteiger partial charge in [0.2, 0.25) is 0 Å². The summed E-state index contributed by atoms with van der Waals surface area (Å²) in [7, 11) is 1.67. The third-order valence-electron chi connectivity index (χ3n) is 2.01. The summed E-state index contributed by atoms with van der Waals surface area (Å²) in [6.45, 7) is 0. The summed E-state index contributed by atoms with van der Waals surface area (Å²) in [6, 6.07) is 8.07. The van der Waals surface area contributed by atoms with E-state index in [4.69, 9.17) is 4.74 Å². The van der Waals surface area contributed by atoms with Crippen LogP contribution in [-0.4, -0.2) is 17.1 Å². The maximum atomic E-state index is 5.09. The van der Waals surface area contributed by atoms with Gasteiger partial charge in [-0.2, -0.15) is 0 Å². The predicted molar refractivity (Wildman–Crippen MR) is 61.1 cm³/mol. The first-order chi connectivity index (χ1) is 7.38. The van der Waals surface area contributed by atoms with E-state index < -0.39 is 0 Å². The maximum absolute atomic E-state index is 5.09. The molecule has 15 heavy (non-hydrogen) atoms. The van der Waals surface area contributed by atoms with E-state index in [1.165, 1.54) is 5.56 Å². The Morgan fingerprint density at radius 1 is 1.33 bits per heavy atom. The molecule has 0 radical (unpaired) electrons. The highest BCUT2D eigenvalue weighted by Crippen LogP contribution is 2.20. The number of nitrogens with one attached hydrogen (secondary N) is 1. The van der Waals surface area contributed by atoms with Crippen LogP contribution in [0.3, 0.4) is 0 Å². The first-order valence-electron chi connectivity index (χ1n) is 4.63. The third-order valence-corrected chi connectivity index (χ3v) is 2.98. The fourth-order valence-electron chi connectivity index (χ4n) is 1.20. The van der Waals surface area contributed by atoms with Crippen LogP contribution in [0.25, 0.3) is 0 Å². The fraction of sp³-hybridized carbons (Fsp3) is 0.182. The summed E-state index contributed by atoms with van der Waals surface area (Å²) in [5.41, 5.74) is 1.26. The van der Waals surface area contributed by atoms with E-state index in [0.29, 0.717) is 0 Å². The lowest BCUT2D eigenvalue weighted by Gasteiger charge is -2.01. The molecule has 0 unspecified atom stereocenters. The fourth-order valence-corrected chi connectivity index (χ4v) is 1.99. The van der Waals surface area contributed by atoms with Gasteiger partial charge in [0, 0.05) is 18.1 Å². The summed E-state index contributed by atoms with van der Waals surface area (Å²) in [5, 5.41) is 0.950. The highest BCUT2D eigenvalue weighted by molar-refractivity contribution is 7.98. The summed E-state index contributed by atoms with van der Waals surface area (Å²) in [5.74, 6) is 1.80. The number of benzene rings is 1. The Bertz CT molecular complexity index is 397. The van der Waals surface area contributed by atoms with Crippen LogP contribution in [0.5, 0.6) is 5.75 Å². The van der Waals surface area contributed by atoms with Gasteiger partial charge in [-0.1, -0.05) is 23.9 Å².